The highest BCUT2D eigenvalue weighted by Gasteiger charge is 2.33. The minimum absolute atomic E-state index is 0.137. The molecule has 0 spiro atoms. The average molecular weight is 275 g/mol. The molecule has 110 valence electrons. The molecule has 1 fully saturated rings. The van der Waals surface area contributed by atoms with Gasteiger partial charge in [0.25, 0.3) is 0 Å². The fourth-order valence-electron chi connectivity index (χ4n) is 2.51. The van der Waals surface area contributed by atoms with Crippen molar-refractivity contribution in [1.82, 2.24) is 5.32 Å². The lowest BCUT2D eigenvalue weighted by Gasteiger charge is -2.16. The Labute approximate surface area is 121 Å². The van der Waals surface area contributed by atoms with Gasteiger partial charge in [0.1, 0.15) is 0 Å². The van der Waals surface area contributed by atoms with Gasteiger partial charge in [-0.3, -0.25) is 4.79 Å². The third-order valence-corrected chi connectivity index (χ3v) is 3.70. The van der Waals surface area contributed by atoms with Crippen LogP contribution in [-0.2, 0) is 9.53 Å². The normalized spacial score (nSPS) is 16.1. The summed E-state index contributed by atoms with van der Waals surface area (Å²) in [6, 6.07) is 10.4. The van der Waals surface area contributed by atoms with Gasteiger partial charge in [0.05, 0.1) is 12.7 Å². The first-order chi connectivity index (χ1) is 9.66. The first-order valence-corrected chi connectivity index (χ1v) is 7.60. The highest BCUT2D eigenvalue weighted by atomic mass is 16.5. The van der Waals surface area contributed by atoms with Crippen LogP contribution in [0.3, 0.4) is 0 Å². The summed E-state index contributed by atoms with van der Waals surface area (Å²) in [5.41, 5.74) is 1.29. The van der Waals surface area contributed by atoms with Crippen molar-refractivity contribution >= 4 is 5.91 Å². The molecule has 1 atom stereocenters. The zero-order chi connectivity index (χ0) is 14.4. The molecule has 3 nitrogen and oxygen atoms in total. The molecule has 0 heterocycles. The SMILES string of the molecule is CC(C)OCCNC(=O)CC(c1ccccc1)C1CC1. The summed E-state index contributed by atoms with van der Waals surface area (Å²) in [5.74, 6) is 1.20. The molecule has 0 bridgehead atoms. The number of hydrogen-bond acceptors (Lipinski definition) is 2. The molecule has 3 heteroatoms. The number of rotatable bonds is 8. The maximum absolute atomic E-state index is 12.0. The van der Waals surface area contributed by atoms with Gasteiger partial charge in [-0.25, -0.2) is 0 Å². The van der Waals surface area contributed by atoms with E-state index in [0.717, 1.165) is 0 Å². The molecule has 1 amide bonds. The van der Waals surface area contributed by atoms with Crippen LogP contribution in [0, 0.1) is 5.92 Å². The number of amides is 1. The van der Waals surface area contributed by atoms with E-state index >= 15 is 0 Å². The van der Waals surface area contributed by atoms with Gasteiger partial charge in [0.2, 0.25) is 5.91 Å². The molecular formula is C17H25NO2. The number of ether oxygens (including phenoxy) is 1. The van der Waals surface area contributed by atoms with Crippen LogP contribution in [0.15, 0.2) is 30.3 Å². The van der Waals surface area contributed by atoms with Crippen molar-refractivity contribution in [2.45, 2.75) is 45.1 Å². The Balaban J connectivity index is 1.79. The zero-order valence-electron chi connectivity index (χ0n) is 12.5. The molecule has 1 unspecified atom stereocenters. The largest absolute Gasteiger partial charge is 0.377 e. The quantitative estimate of drug-likeness (QED) is 0.740. The fraction of sp³-hybridized carbons (Fsp3) is 0.588. The summed E-state index contributed by atoms with van der Waals surface area (Å²) >= 11 is 0. The van der Waals surface area contributed by atoms with Crippen LogP contribution in [0.1, 0.15) is 44.6 Å². The Morgan fingerprint density at radius 1 is 1.30 bits per heavy atom. The number of carbonyl (C=O) groups is 1. The van der Waals surface area contributed by atoms with Gasteiger partial charge in [0.15, 0.2) is 0 Å². The smallest absolute Gasteiger partial charge is 0.220 e. The van der Waals surface area contributed by atoms with Gasteiger partial charge in [-0.1, -0.05) is 30.3 Å². The summed E-state index contributed by atoms with van der Waals surface area (Å²) < 4.78 is 5.43. The second-order valence-corrected chi connectivity index (χ2v) is 5.83. The summed E-state index contributed by atoms with van der Waals surface area (Å²) in [6.45, 7) is 5.19. The van der Waals surface area contributed by atoms with E-state index in [1.54, 1.807) is 0 Å². The summed E-state index contributed by atoms with van der Waals surface area (Å²) in [5, 5.41) is 2.96. The molecule has 1 aromatic rings. The lowest BCUT2D eigenvalue weighted by molar-refractivity contribution is -0.121. The van der Waals surface area contributed by atoms with Crippen LogP contribution in [0.2, 0.25) is 0 Å². The highest BCUT2D eigenvalue weighted by Crippen LogP contribution is 2.44. The average Bonchev–Trinajstić information content (AvgIpc) is 3.26. The number of hydrogen-bond donors (Lipinski definition) is 1. The molecule has 20 heavy (non-hydrogen) atoms. The van der Waals surface area contributed by atoms with Gasteiger partial charge < -0.3 is 10.1 Å². The third kappa shape index (κ3) is 4.97. The molecule has 1 N–H and O–H groups in total. The van der Waals surface area contributed by atoms with Crippen LogP contribution in [0.4, 0.5) is 0 Å². The van der Waals surface area contributed by atoms with Crippen LogP contribution >= 0.6 is 0 Å². The summed E-state index contributed by atoms with van der Waals surface area (Å²) in [7, 11) is 0. The van der Waals surface area contributed by atoms with Crippen molar-refractivity contribution in [2.24, 2.45) is 5.92 Å². The number of nitrogens with one attached hydrogen (secondary N) is 1. The van der Waals surface area contributed by atoms with Crippen molar-refractivity contribution in [2.75, 3.05) is 13.2 Å². The Hall–Kier alpha value is -1.35. The van der Waals surface area contributed by atoms with Crippen molar-refractivity contribution in [3.8, 4) is 0 Å². The van der Waals surface area contributed by atoms with Crippen LogP contribution in [0.25, 0.3) is 0 Å². The van der Waals surface area contributed by atoms with Crippen LogP contribution in [-0.4, -0.2) is 25.2 Å². The Morgan fingerprint density at radius 3 is 2.60 bits per heavy atom. The second-order valence-electron chi connectivity index (χ2n) is 5.83. The van der Waals surface area contributed by atoms with E-state index in [-0.39, 0.29) is 12.0 Å². The van der Waals surface area contributed by atoms with Gasteiger partial charge >= 0.3 is 0 Å². The lowest BCUT2D eigenvalue weighted by Crippen LogP contribution is -2.29. The Bertz CT molecular complexity index is 412. The predicted octanol–water partition coefficient (Wildman–Crippen LogP) is 3.11. The first kappa shape index (κ1) is 15.0. The number of carbonyl (C=O) groups excluding carboxylic acids is 1. The molecule has 2 rings (SSSR count). The summed E-state index contributed by atoms with van der Waals surface area (Å²) in [6.07, 6.45) is 3.32. The van der Waals surface area contributed by atoms with E-state index in [0.29, 0.717) is 31.4 Å². The molecule has 0 aliphatic heterocycles. The van der Waals surface area contributed by atoms with Gasteiger partial charge in [0, 0.05) is 13.0 Å². The third-order valence-electron chi connectivity index (χ3n) is 3.70. The van der Waals surface area contributed by atoms with E-state index in [9.17, 15) is 4.79 Å². The van der Waals surface area contributed by atoms with Crippen molar-refractivity contribution < 1.29 is 9.53 Å². The topological polar surface area (TPSA) is 38.3 Å². The monoisotopic (exact) mass is 275 g/mol. The fourth-order valence-corrected chi connectivity index (χ4v) is 2.51. The summed E-state index contributed by atoms with van der Waals surface area (Å²) in [4.78, 5) is 12.0. The van der Waals surface area contributed by atoms with Crippen molar-refractivity contribution in [3.05, 3.63) is 35.9 Å². The van der Waals surface area contributed by atoms with E-state index in [2.05, 4.69) is 29.6 Å². The first-order valence-electron chi connectivity index (χ1n) is 7.60. The van der Waals surface area contributed by atoms with E-state index in [1.165, 1.54) is 18.4 Å². The van der Waals surface area contributed by atoms with E-state index < -0.39 is 0 Å². The van der Waals surface area contributed by atoms with Crippen molar-refractivity contribution in [3.63, 3.8) is 0 Å². The van der Waals surface area contributed by atoms with E-state index in [1.807, 2.05) is 19.9 Å². The van der Waals surface area contributed by atoms with Gasteiger partial charge in [-0.2, -0.15) is 0 Å². The van der Waals surface area contributed by atoms with Gasteiger partial charge in [-0.15, -0.1) is 0 Å². The number of benzene rings is 1. The molecule has 1 aliphatic carbocycles. The second kappa shape index (κ2) is 7.44. The minimum atomic E-state index is 0.137. The van der Waals surface area contributed by atoms with Gasteiger partial charge in [-0.05, 0) is 44.1 Å². The lowest BCUT2D eigenvalue weighted by atomic mass is 9.91. The molecule has 1 saturated carbocycles. The molecule has 0 aromatic heterocycles. The maximum Gasteiger partial charge on any atom is 0.220 e. The van der Waals surface area contributed by atoms with Crippen LogP contribution in [0.5, 0.6) is 0 Å². The van der Waals surface area contributed by atoms with Crippen molar-refractivity contribution in [1.29, 1.82) is 0 Å². The minimum Gasteiger partial charge on any atom is -0.377 e. The predicted molar refractivity (Wildman–Crippen MR) is 80.6 cm³/mol. The molecule has 0 saturated heterocycles. The standard InChI is InChI=1S/C17H25NO2/c1-13(2)20-11-10-18-17(19)12-16(15-8-9-15)14-6-4-3-5-7-14/h3-7,13,15-16H,8-12H2,1-2H3,(H,18,19). The Morgan fingerprint density at radius 2 is 2.00 bits per heavy atom. The maximum atomic E-state index is 12.0. The zero-order valence-corrected chi connectivity index (χ0v) is 12.5. The molecular weight excluding hydrogens is 250 g/mol. The highest BCUT2D eigenvalue weighted by molar-refractivity contribution is 5.77. The van der Waals surface area contributed by atoms with E-state index in [4.69, 9.17) is 4.74 Å². The Kier molecular flexibility index (Phi) is 5.60. The van der Waals surface area contributed by atoms with Crippen LogP contribution < -0.4 is 5.32 Å². The molecule has 1 aliphatic rings. The molecule has 1 aromatic carbocycles. The molecule has 0 radical (unpaired) electrons.